The molecule has 1 amide bonds. The monoisotopic (exact) mass is 191 g/mol. The largest absolute Gasteiger partial charge is 0.369 e. The van der Waals surface area contributed by atoms with Crippen molar-refractivity contribution in [3.05, 3.63) is 42.0 Å². The zero-order valence-electron chi connectivity index (χ0n) is 8.81. The van der Waals surface area contributed by atoms with Crippen LogP contribution in [-0.2, 0) is 4.79 Å². The SMILES string of the molecule is [2H][C@@H](/C=C/c1ccccc1)NCC(N)=O. The summed E-state index contributed by atoms with van der Waals surface area (Å²) >= 11 is 0. The Bertz CT molecular complexity index is 338. The number of primary amides is 1. The molecular formula is C11H14N2O. The molecule has 0 saturated carbocycles. The highest BCUT2D eigenvalue weighted by Crippen LogP contribution is 1.99. The van der Waals surface area contributed by atoms with Crippen molar-refractivity contribution in [2.24, 2.45) is 5.73 Å². The Morgan fingerprint density at radius 1 is 1.50 bits per heavy atom. The summed E-state index contributed by atoms with van der Waals surface area (Å²) in [6.45, 7) is -0.592. The Balaban J connectivity index is 2.41. The van der Waals surface area contributed by atoms with E-state index in [1.54, 1.807) is 6.08 Å². The molecule has 0 spiro atoms. The summed E-state index contributed by atoms with van der Waals surface area (Å²) in [5, 5.41) is 2.66. The first-order valence-corrected chi connectivity index (χ1v) is 4.35. The van der Waals surface area contributed by atoms with E-state index in [4.69, 9.17) is 7.10 Å². The Kier molecular flexibility index (Phi) is 3.80. The predicted octanol–water partition coefficient (Wildman–Crippen LogP) is 0.775. The molecule has 0 aliphatic rings. The minimum Gasteiger partial charge on any atom is -0.369 e. The Morgan fingerprint density at radius 3 is 2.86 bits per heavy atom. The van der Waals surface area contributed by atoms with Crippen molar-refractivity contribution in [1.82, 2.24) is 5.32 Å². The average molecular weight is 191 g/mol. The van der Waals surface area contributed by atoms with Gasteiger partial charge in [-0.05, 0) is 5.56 Å². The third-order valence-corrected chi connectivity index (χ3v) is 1.58. The van der Waals surface area contributed by atoms with Crippen molar-refractivity contribution in [2.45, 2.75) is 0 Å². The number of nitrogens with one attached hydrogen (secondary N) is 1. The lowest BCUT2D eigenvalue weighted by Crippen LogP contribution is -2.28. The van der Waals surface area contributed by atoms with Crippen LogP contribution >= 0.6 is 0 Å². The minimum absolute atomic E-state index is 0.0211. The van der Waals surface area contributed by atoms with Crippen LogP contribution in [0.5, 0.6) is 0 Å². The number of benzene rings is 1. The summed E-state index contributed by atoms with van der Waals surface area (Å²) in [5.74, 6) is -0.458. The lowest BCUT2D eigenvalue weighted by atomic mass is 10.2. The lowest BCUT2D eigenvalue weighted by Gasteiger charge is -1.95. The van der Waals surface area contributed by atoms with Crippen LogP contribution in [0, 0.1) is 0 Å². The fraction of sp³-hybridized carbons (Fsp3) is 0.182. The fourth-order valence-corrected chi connectivity index (χ4v) is 0.951. The molecule has 0 radical (unpaired) electrons. The number of hydrogen-bond donors (Lipinski definition) is 2. The van der Waals surface area contributed by atoms with Crippen molar-refractivity contribution in [3.63, 3.8) is 0 Å². The maximum atomic E-state index is 10.4. The van der Waals surface area contributed by atoms with Gasteiger partial charge in [0.2, 0.25) is 5.91 Å². The second-order valence-corrected chi connectivity index (χ2v) is 2.78. The smallest absolute Gasteiger partial charge is 0.231 e. The predicted molar refractivity (Wildman–Crippen MR) is 57.5 cm³/mol. The highest BCUT2D eigenvalue weighted by Gasteiger charge is 1.88. The molecule has 0 aliphatic heterocycles. The van der Waals surface area contributed by atoms with Gasteiger partial charge in [-0.1, -0.05) is 42.5 Å². The fourth-order valence-electron chi connectivity index (χ4n) is 0.951. The quantitative estimate of drug-likeness (QED) is 0.722. The highest BCUT2D eigenvalue weighted by molar-refractivity contribution is 5.75. The van der Waals surface area contributed by atoms with Crippen molar-refractivity contribution in [3.8, 4) is 0 Å². The van der Waals surface area contributed by atoms with Gasteiger partial charge in [0.1, 0.15) is 0 Å². The number of rotatable bonds is 5. The van der Waals surface area contributed by atoms with Crippen LogP contribution in [0.3, 0.4) is 0 Å². The van der Waals surface area contributed by atoms with Crippen LogP contribution < -0.4 is 11.1 Å². The number of amides is 1. The third-order valence-electron chi connectivity index (χ3n) is 1.58. The van der Waals surface area contributed by atoms with Gasteiger partial charge in [-0.2, -0.15) is 0 Å². The molecule has 0 saturated heterocycles. The molecule has 1 atom stereocenters. The summed E-state index contributed by atoms with van der Waals surface area (Å²) < 4.78 is 7.51. The van der Waals surface area contributed by atoms with Crippen LogP contribution in [0.1, 0.15) is 6.93 Å². The van der Waals surface area contributed by atoms with Gasteiger partial charge in [-0.25, -0.2) is 0 Å². The standard InChI is InChI=1S/C11H14N2O/c12-11(14)9-13-8-4-7-10-5-2-1-3-6-10/h1-7,13H,8-9H2,(H2,12,14)/b7-4+/i8D/t8-/m0/s1. The van der Waals surface area contributed by atoms with Gasteiger partial charge < -0.3 is 11.1 Å². The molecule has 3 nitrogen and oxygen atoms in total. The molecule has 0 heterocycles. The maximum Gasteiger partial charge on any atom is 0.231 e. The summed E-state index contributed by atoms with van der Waals surface area (Å²) in [7, 11) is 0. The lowest BCUT2D eigenvalue weighted by molar-refractivity contribution is -0.117. The van der Waals surface area contributed by atoms with E-state index in [-0.39, 0.29) is 6.54 Å². The van der Waals surface area contributed by atoms with Crippen LogP contribution in [-0.4, -0.2) is 19.0 Å². The number of carbonyl (C=O) groups excluding carboxylic acids is 1. The Morgan fingerprint density at radius 2 is 2.21 bits per heavy atom. The van der Waals surface area contributed by atoms with E-state index in [9.17, 15) is 4.79 Å². The highest BCUT2D eigenvalue weighted by atomic mass is 16.1. The molecular weight excluding hydrogens is 176 g/mol. The molecule has 0 fully saturated rings. The van der Waals surface area contributed by atoms with Gasteiger partial charge in [0, 0.05) is 7.89 Å². The Hall–Kier alpha value is -1.61. The number of hydrogen-bond acceptors (Lipinski definition) is 2. The topological polar surface area (TPSA) is 55.1 Å². The first-order chi connectivity index (χ1) is 7.18. The van der Waals surface area contributed by atoms with Gasteiger partial charge >= 0.3 is 0 Å². The molecule has 3 N–H and O–H groups in total. The third kappa shape index (κ3) is 4.42. The molecule has 0 aliphatic carbocycles. The van der Waals surface area contributed by atoms with E-state index in [0.717, 1.165) is 5.56 Å². The molecule has 1 aromatic carbocycles. The molecule has 3 heteroatoms. The minimum atomic E-state index is -0.613. The second kappa shape index (κ2) is 5.94. The van der Waals surface area contributed by atoms with Gasteiger partial charge in [-0.15, -0.1) is 0 Å². The van der Waals surface area contributed by atoms with Crippen LogP contribution in [0.15, 0.2) is 36.4 Å². The molecule has 1 rings (SSSR count). The van der Waals surface area contributed by atoms with Crippen LogP contribution in [0.2, 0.25) is 0 Å². The second-order valence-electron chi connectivity index (χ2n) is 2.78. The number of carbonyl (C=O) groups is 1. The normalized spacial score (nSPS) is 13.9. The Labute approximate surface area is 85.0 Å². The van der Waals surface area contributed by atoms with Crippen LogP contribution in [0.4, 0.5) is 0 Å². The summed E-state index contributed by atoms with van der Waals surface area (Å²) in [5.41, 5.74) is 5.96. The molecule has 1 aromatic rings. The van der Waals surface area contributed by atoms with E-state index < -0.39 is 12.4 Å². The van der Waals surface area contributed by atoms with E-state index in [0.29, 0.717) is 0 Å². The van der Waals surface area contributed by atoms with Crippen molar-refractivity contribution in [2.75, 3.05) is 13.1 Å². The van der Waals surface area contributed by atoms with E-state index >= 15 is 0 Å². The zero-order valence-corrected chi connectivity index (χ0v) is 7.81. The van der Waals surface area contributed by atoms with E-state index in [1.165, 1.54) is 0 Å². The van der Waals surface area contributed by atoms with Crippen molar-refractivity contribution >= 4 is 12.0 Å². The van der Waals surface area contributed by atoms with Crippen molar-refractivity contribution in [1.29, 1.82) is 0 Å². The van der Waals surface area contributed by atoms with Gasteiger partial charge in [-0.3, -0.25) is 4.79 Å². The zero-order chi connectivity index (χ0) is 11.1. The molecule has 14 heavy (non-hydrogen) atoms. The van der Waals surface area contributed by atoms with Gasteiger partial charge in [0.05, 0.1) is 6.54 Å². The summed E-state index contributed by atoms with van der Waals surface area (Å²) in [6, 6.07) is 9.67. The van der Waals surface area contributed by atoms with E-state index in [2.05, 4.69) is 5.32 Å². The van der Waals surface area contributed by atoms with E-state index in [1.807, 2.05) is 36.4 Å². The van der Waals surface area contributed by atoms with Crippen molar-refractivity contribution < 1.29 is 6.17 Å². The summed E-state index contributed by atoms with van der Waals surface area (Å²) in [6.07, 6.45) is 3.49. The summed E-state index contributed by atoms with van der Waals surface area (Å²) in [4.78, 5) is 10.4. The number of nitrogens with two attached hydrogens (primary N) is 1. The van der Waals surface area contributed by atoms with Gasteiger partial charge in [0.25, 0.3) is 0 Å². The maximum absolute atomic E-state index is 10.4. The van der Waals surface area contributed by atoms with Crippen LogP contribution in [0.25, 0.3) is 6.08 Å². The van der Waals surface area contributed by atoms with Gasteiger partial charge in [0.15, 0.2) is 0 Å². The molecule has 0 unspecified atom stereocenters. The first kappa shape index (κ1) is 8.97. The first-order valence-electron chi connectivity index (χ1n) is 4.93. The molecule has 74 valence electrons. The molecule has 0 bridgehead atoms. The average Bonchev–Trinajstić information content (AvgIpc) is 2.25. The molecule has 0 aromatic heterocycles.